The first-order valence-electron chi connectivity index (χ1n) is 12.5. The van der Waals surface area contributed by atoms with Crippen LogP contribution in [-0.2, 0) is 4.74 Å². The van der Waals surface area contributed by atoms with E-state index in [1.165, 1.54) is 23.9 Å². The van der Waals surface area contributed by atoms with Gasteiger partial charge in [-0.15, -0.1) is 0 Å². The lowest BCUT2D eigenvalue weighted by atomic mass is 10.0. The molecule has 0 amide bonds. The molecule has 0 aromatic heterocycles. The van der Waals surface area contributed by atoms with Crippen LogP contribution in [0.2, 0.25) is 0 Å². The minimum absolute atomic E-state index is 0.0211. The zero-order chi connectivity index (χ0) is 27.5. The maximum Gasteiger partial charge on any atom is 0.269 e. The monoisotopic (exact) mass is 545 g/mol. The van der Waals surface area contributed by atoms with Crippen LogP contribution >= 0.6 is 11.8 Å². The van der Waals surface area contributed by atoms with Crippen molar-refractivity contribution in [1.29, 1.82) is 0 Å². The minimum atomic E-state index is -0.407. The fourth-order valence-electron chi connectivity index (χ4n) is 4.33. The maximum absolute atomic E-state index is 11.3. The second kappa shape index (κ2) is 11.0. The van der Waals surface area contributed by atoms with E-state index in [-0.39, 0.29) is 5.69 Å². The van der Waals surface area contributed by atoms with Crippen molar-refractivity contribution in [2.75, 3.05) is 12.1 Å². The Kier molecular flexibility index (Phi) is 6.91. The van der Waals surface area contributed by atoms with E-state index in [9.17, 15) is 10.1 Å². The quantitative estimate of drug-likeness (QED) is 0.181. The van der Waals surface area contributed by atoms with Gasteiger partial charge in [0.25, 0.3) is 5.69 Å². The molecule has 0 radical (unpaired) electrons. The number of methoxy groups -OCH3 is 1. The number of hydrazone groups is 1. The van der Waals surface area contributed by atoms with E-state index in [1.54, 1.807) is 19.2 Å². The standard InChI is InChI=1S/C32H23N3O4S/c1-38-28-18-12-24(13-19-28)31-33-34(26-14-16-27(17-15-26)35(36)37)32(40-31)25-20-29(22-8-4-2-5-9-22)39-30(21-25)23-10-6-3-7-11-23/h2-21H,1H3. The summed E-state index contributed by atoms with van der Waals surface area (Å²) in [4.78, 5) is 10.9. The van der Waals surface area contributed by atoms with Gasteiger partial charge in [-0.05, 0) is 60.3 Å². The number of rotatable bonds is 6. The van der Waals surface area contributed by atoms with Crippen LogP contribution in [0.1, 0.15) is 16.7 Å². The fourth-order valence-corrected chi connectivity index (χ4v) is 5.36. The Morgan fingerprint density at radius 3 is 1.88 bits per heavy atom. The number of hydrogen-bond donors (Lipinski definition) is 0. The molecule has 0 saturated heterocycles. The van der Waals surface area contributed by atoms with Crippen molar-refractivity contribution < 1.29 is 14.4 Å². The highest BCUT2D eigenvalue weighted by Gasteiger charge is 2.29. The highest BCUT2D eigenvalue weighted by molar-refractivity contribution is 8.18. The van der Waals surface area contributed by atoms with Gasteiger partial charge in [0.15, 0.2) is 0 Å². The zero-order valence-corrected chi connectivity index (χ0v) is 22.2. The number of thioether (sulfide) groups is 1. The average molecular weight is 546 g/mol. The largest absolute Gasteiger partial charge is 0.497 e. The van der Waals surface area contributed by atoms with Crippen molar-refractivity contribution in [2.45, 2.75) is 0 Å². The van der Waals surface area contributed by atoms with Crippen molar-refractivity contribution >= 4 is 39.7 Å². The molecule has 8 heteroatoms. The third kappa shape index (κ3) is 5.12. The van der Waals surface area contributed by atoms with E-state index in [0.717, 1.165) is 38.1 Å². The van der Waals surface area contributed by atoms with Gasteiger partial charge in [-0.25, -0.2) is 5.01 Å². The number of benzene rings is 4. The molecule has 40 heavy (non-hydrogen) atoms. The van der Waals surface area contributed by atoms with Crippen LogP contribution < -0.4 is 9.75 Å². The molecule has 0 atom stereocenters. The number of nitro groups is 1. The van der Waals surface area contributed by atoms with Crippen LogP contribution in [0.25, 0.3) is 11.5 Å². The molecular formula is C32H23N3O4S. The number of hydrogen-bond acceptors (Lipinski definition) is 7. The number of allylic oxidation sites excluding steroid dienone is 3. The van der Waals surface area contributed by atoms with Crippen LogP contribution in [-0.4, -0.2) is 17.1 Å². The van der Waals surface area contributed by atoms with Crippen LogP contribution in [0.15, 0.2) is 137 Å². The van der Waals surface area contributed by atoms with E-state index in [0.29, 0.717) is 17.2 Å². The van der Waals surface area contributed by atoms with Gasteiger partial charge in [-0.3, -0.25) is 10.1 Å². The maximum atomic E-state index is 11.3. The first-order valence-corrected chi connectivity index (χ1v) is 13.3. The predicted molar refractivity (Wildman–Crippen MR) is 160 cm³/mol. The van der Waals surface area contributed by atoms with E-state index in [4.69, 9.17) is 14.6 Å². The minimum Gasteiger partial charge on any atom is -0.497 e. The molecule has 0 N–H and O–H groups in total. The van der Waals surface area contributed by atoms with Crippen LogP contribution in [0.4, 0.5) is 11.4 Å². The molecule has 0 spiro atoms. The lowest BCUT2D eigenvalue weighted by Gasteiger charge is -2.22. The first kappa shape index (κ1) is 25.2. The lowest BCUT2D eigenvalue weighted by Crippen LogP contribution is -2.12. The van der Waals surface area contributed by atoms with Crippen LogP contribution in [0.5, 0.6) is 5.75 Å². The summed E-state index contributed by atoms with van der Waals surface area (Å²) in [5.41, 5.74) is 4.46. The van der Waals surface area contributed by atoms with Crippen LogP contribution in [0, 0.1) is 10.1 Å². The third-order valence-corrected chi connectivity index (χ3v) is 7.49. The summed E-state index contributed by atoms with van der Waals surface area (Å²) >= 11 is 1.53. The highest BCUT2D eigenvalue weighted by Crippen LogP contribution is 2.43. The number of anilines is 1. The molecule has 2 aliphatic rings. The molecular weight excluding hydrogens is 522 g/mol. The molecule has 4 aromatic rings. The van der Waals surface area contributed by atoms with Crippen molar-refractivity contribution in [3.8, 4) is 5.75 Å². The van der Waals surface area contributed by atoms with Crippen molar-refractivity contribution in [3.05, 3.63) is 159 Å². The SMILES string of the molecule is COc1ccc(C2=NN(c3ccc([N+](=O)[O-])cc3)C(=C3C=C(c4ccccc4)OC(c4ccccc4)=C3)S2)cc1. The van der Waals surface area contributed by atoms with Crippen LogP contribution in [0.3, 0.4) is 0 Å². The average Bonchev–Trinajstić information content (AvgIpc) is 3.47. The lowest BCUT2D eigenvalue weighted by molar-refractivity contribution is -0.384. The summed E-state index contributed by atoms with van der Waals surface area (Å²) in [6, 6.07) is 34.0. The molecule has 196 valence electrons. The number of ether oxygens (including phenoxy) is 2. The number of non-ortho nitro benzene ring substituents is 1. The Balaban J connectivity index is 1.50. The van der Waals surface area contributed by atoms with Crippen molar-refractivity contribution in [2.24, 2.45) is 5.10 Å². The van der Waals surface area contributed by atoms with E-state index < -0.39 is 4.92 Å². The highest BCUT2D eigenvalue weighted by atomic mass is 32.2. The van der Waals surface area contributed by atoms with Gasteiger partial charge in [0.05, 0.1) is 17.7 Å². The van der Waals surface area contributed by atoms with Gasteiger partial charge >= 0.3 is 0 Å². The zero-order valence-electron chi connectivity index (χ0n) is 21.4. The van der Waals surface area contributed by atoms with E-state index in [1.807, 2.05) is 102 Å². The second-order valence-corrected chi connectivity index (χ2v) is 9.91. The normalized spacial score (nSPS) is 14.7. The number of nitrogens with zero attached hydrogens (tertiary/aromatic N) is 3. The Morgan fingerprint density at radius 2 is 1.35 bits per heavy atom. The molecule has 2 heterocycles. The Hall–Kier alpha value is -5.08. The fraction of sp³-hybridized carbons (Fsp3) is 0.0312. The van der Waals surface area contributed by atoms with Gasteiger partial charge in [0, 0.05) is 34.4 Å². The molecule has 7 nitrogen and oxygen atoms in total. The van der Waals surface area contributed by atoms with E-state index >= 15 is 0 Å². The third-order valence-electron chi connectivity index (χ3n) is 6.38. The van der Waals surface area contributed by atoms with Gasteiger partial charge in [-0.1, -0.05) is 60.7 Å². The first-order chi connectivity index (χ1) is 19.6. The number of nitro benzene ring substituents is 1. The predicted octanol–water partition coefficient (Wildman–Crippen LogP) is 7.84. The summed E-state index contributed by atoms with van der Waals surface area (Å²) in [5.74, 6) is 2.19. The summed E-state index contributed by atoms with van der Waals surface area (Å²) in [7, 11) is 1.63. The van der Waals surface area contributed by atoms with Crippen molar-refractivity contribution in [3.63, 3.8) is 0 Å². The summed E-state index contributed by atoms with van der Waals surface area (Å²) in [6.07, 6.45) is 4.02. The van der Waals surface area contributed by atoms with E-state index in [2.05, 4.69) is 0 Å². The smallest absolute Gasteiger partial charge is 0.269 e. The Morgan fingerprint density at radius 1 is 0.775 bits per heavy atom. The topological polar surface area (TPSA) is 77.2 Å². The summed E-state index contributed by atoms with van der Waals surface area (Å²) in [6.45, 7) is 0. The molecule has 0 aliphatic carbocycles. The second-order valence-electron chi connectivity index (χ2n) is 8.93. The molecule has 0 saturated carbocycles. The summed E-state index contributed by atoms with van der Waals surface area (Å²) < 4.78 is 11.7. The molecule has 2 aliphatic heterocycles. The molecule has 6 rings (SSSR count). The van der Waals surface area contributed by atoms with Gasteiger partial charge in [-0.2, -0.15) is 5.10 Å². The molecule has 0 unspecified atom stereocenters. The Labute approximate surface area is 235 Å². The summed E-state index contributed by atoms with van der Waals surface area (Å²) in [5, 5.41) is 19.7. The molecule has 0 fully saturated rings. The van der Waals surface area contributed by atoms with Gasteiger partial charge in [0.1, 0.15) is 27.3 Å². The molecule has 0 bridgehead atoms. The van der Waals surface area contributed by atoms with Gasteiger partial charge < -0.3 is 9.47 Å². The molecule has 4 aromatic carbocycles. The van der Waals surface area contributed by atoms with Crippen molar-refractivity contribution in [1.82, 2.24) is 0 Å². The Bertz CT molecular complexity index is 1620. The van der Waals surface area contributed by atoms with Gasteiger partial charge in [0.2, 0.25) is 0 Å².